The summed E-state index contributed by atoms with van der Waals surface area (Å²) in [5.74, 6) is -0.154. The van der Waals surface area contributed by atoms with E-state index in [4.69, 9.17) is 0 Å². The van der Waals surface area contributed by atoms with Crippen molar-refractivity contribution >= 4 is 17.0 Å². The molecule has 1 aromatic carbocycles. The molecule has 0 spiro atoms. The SMILES string of the molecule is CNC(C)c1cccc(F)c1N(C)CCc1cccs1. The number of benzene rings is 1. The zero-order valence-corrected chi connectivity index (χ0v) is 13.0. The Morgan fingerprint density at radius 2 is 2.10 bits per heavy atom. The molecule has 0 saturated carbocycles. The first-order chi connectivity index (χ1) is 9.63. The summed E-state index contributed by atoms with van der Waals surface area (Å²) < 4.78 is 14.2. The molecule has 0 aliphatic carbocycles. The van der Waals surface area contributed by atoms with Gasteiger partial charge < -0.3 is 10.2 Å². The van der Waals surface area contributed by atoms with E-state index in [2.05, 4.69) is 22.8 Å². The number of anilines is 1. The molecule has 0 amide bonds. The molecule has 0 aliphatic heterocycles. The average molecular weight is 292 g/mol. The van der Waals surface area contributed by atoms with Crippen LogP contribution in [0.5, 0.6) is 0 Å². The van der Waals surface area contributed by atoms with Crippen LogP contribution < -0.4 is 10.2 Å². The van der Waals surface area contributed by atoms with Gasteiger partial charge in [-0.1, -0.05) is 18.2 Å². The van der Waals surface area contributed by atoms with E-state index in [1.54, 1.807) is 17.4 Å². The third kappa shape index (κ3) is 3.38. The molecule has 2 aromatic rings. The van der Waals surface area contributed by atoms with E-state index < -0.39 is 0 Å². The summed E-state index contributed by atoms with van der Waals surface area (Å²) in [4.78, 5) is 3.34. The smallest absolute Gasteiger partial charge is 0.146 e. The lowest BCUT2D eigenvalue weighted by molar-refractivity contribution is 0.602. The first kappa shape index (κ1) is 15.0. The summed E-state index contributed by atoms with van der Waals surface area (Å²) in [6.07, 6.45) is 0.940. The third-order valence-corrected chi connectivity index (χ3v) is 4.51. The standard InChI is InChI=1S/C16H21FN2S/c1-12(18-2)14-7-4-8-15(17)16(14)19(3)10-9-13-6-5-11-20-13/h4-8,11-12,18H,9-10H2,1-3H3. The van der Waals surface area contributed by atoms with Crippen molar-refractivity contribution in [2.75, 3.05) is 25.5 Å². The van der Waals surface area contributed by atoms with Gasteiger partial charge in [0, 0.05) is 24.5 Å². The second-order valence-corrected chi connectivity index (χ2v) is 5.97. The van der Waals surface area contributed by atoms with Crippen molar-refractivity contribution in [1.29, 1.82) is 0 Å². The number of thiophene rings is 1. The molecule has 0 aliphatic rings. The molecule has 20 heavy (non-hydrogen) atoms. The van der Waals surface area contributed by atoms with Crippen LogP contribution in [0.4, 0.5) is 10.1 Å². The molecule has 0 saturated heterocycles. The molecule has 1 atom stereocenters. The topological polar surface area (TPSA) is 15.3 Å². The second-order valence-electron chi connectivity index (χ2n) is 4.94. The highest BCUT2D eigenvalue weighted by Crippen LogP contribution is 2.28. The van der Waals surface area contributed by atoms with Crippen molar-refractivity contribution < 1.29 is 4.39 Å². The van der Waals surface area contributed by atoms with Gasteiger partial charge >= 0.3 is 0 Å². The van der Waals surface area contributed by atoms with Gasteiger partial charge in [-0.15, -0.1) is 11.3 Å². The van der Waals surface area contributed by atoms with E-state index in [9.17, 15) is 4.39 Å². The van der Waals surface area contributed by atoms with Gasteiger partial charge in [-0.3, -0.25) is 0 Å². The summed E-state index contributed by atoms with van der Waals surface area (Å²) in [5, 5.41) is 5.26. The molecule has 1 heterocycles. The quantitative estimate of drug-likeness (QED) is 0.870. The summed E-state index contributed by atoms with van der Waals surface area (Å²) in [6.45, 7) is 2.86. The maximum Gasteiger partial charge on any atom is 0.146 e. The van der Waals surface area contributed by atoms with Gasteiger partial charge in [-0.25, -0.2) is 4.39 Å². The van der Waals surface area contributed by atoms with Crippen molar-refractivity contribution in [3.8, 4) is 0 Å². The fourth-order valence-electron chi connectivity index (χ4n) is 2.28. The summed E-state index contributed by atoms with van der Waals surface area (Å²) in [6, 6.07) is 9.60. The minimum absolute atomic E-state index is 0.130. The van der Waals surface area contributed by atoms with Crippen LogP contribution in [-0.2, 0) is 6.42 Å². The Morgan fingerprint density at radius 3 is 2.75 bits per heavy atom. The minimum atomic E-state index is -0.154. The van der Waals surface area contributed by atoms with Gasteiger partial charge in [0.2, 0.25) is 0 Å². The van der Waals surface area contributed by atoms with E-state index in [1.165, 1.54) is 10.9 Å². The monoisotopic (exact) mass is 292 g/mol. The Balaban J connectivity index is 2.17. The first-order valence-electron chi connectivity index (χ1n) is 6.82. The maximum atomic E-state index is 14.2. The van der Waals surface area contributed by atoms with Crippen LogP contribution in [-0.4, -0.2) is 20.6 Å². The molecule has 0 radical (unpaired) electrons. The number of nitrogens with zero attached hydrogens (tertiary/aromatic N) is 1. The van der Waals surface area contributed by atoms with Gasteiger partial charge in [0.1, 0.15) is 5.82 Å². The van der Waals surface area contributed by atoms with Crippen molar-refractivity contribution in [2.24, 2.45) is 0 Å². The largest absolute Gasteiger partial charge is 0.372 e. The summed E-state index contributed by atoms with van der Waals surface area (Å²) in [7, 11) is 3.85. The van der Waals surface area contributed by atoms with Crippen molar-refractivity contribution in [3.63, 3.8) is 0 Å². The predicted molar refractivity (Wildman–Crippen MR) is 85.2 cm³/mol. The van der Waals surface area contributed by atoms with Crippen LogP contribution in [0.3, 0.4) is 0 Å². The van der Waals surface area contributed by atoms with Crippen molar-refractivity contribution in [2.45, 2.75) is 19.4 Å². The van der Waals surface area contributed by atoms with Gasteiger partial charge in [-0.05, 0) is 43.5 Å². The molecular formula is C16H21FN2S. The lowest BCUT2D eigenvalue weighted by atomic mass is 10.0. The highest BCUT2D eigenvalue weighted by atomic mass is 32.1. The van der Waals surface area contributed by atoms with Crippen LogP contribution in [0.25, 0.3) is 0 Å². The zero-order valence-electron chi connectivity index (χ0n) is 12.2. The second kappa shape index (κ2) is 6.86. The van der Waals surface area contributed by atoms with Gasteiger partial charge in [0.15, 0.2) is 0 Å². The van der Waals surface area contributed by atoms with Crippen molar-refractivity contribution in [1.82, 2.24) is 5.32 Å². The Morgan fingerprint density at radius 1 is 1.30 bits per heavy atom. The normalized spacial score (nSPS) is 12.4. The third-order valence-electron chi connectivity index (χ3n) is 3.57. The minimum Gasteiger partial charge on any atom is -0.372 e. The molecule has 2 rings (SSSR count). The maximum absolute atomic E-state index is 14.2. The number of halogens is 1. The van der Waals surface area contributed by atoms with Gasteiger partial charge in [0.25, 0.3) is 0 Å². The highest BCUT2D eigenvalue weighted by molar-refractivity contribution is 7.09. The predicted octanol–water partition coefficient (Wildman–Crippen LogP) is 3.85. The summed E-state index contributed by atoms with van der Waals surface area (Å²) >= 11 is 1.75. The fraction of sp³-hybridized carbons (Fsp3) is 0.375. The molecule has 4 heteroatoms. The van der Waals surface area contributed by atoms with Gasteiger partial charge in [-0.2, -0.15) is 0 Å². The lowest BCUT2D eigenvalue weighted by Gasteiger charge is -2.25. The van der Waals surface area contributed by atoms with Crippen LogP contribution in [0, 0.1) is 5.82 Å². The van der Waals surface area contributed by atoms with E-state index in [1.807, 2.05) is 32.0 Å². The molecule has 1 N–H and O–H groups in total. The van der Waals surface area contributed by atoms with Crippen LogP contribution in [0.15, 0.2) is 35.7 Å². The summed E-state index contributed by atoms with van der Waals surface area (Å²) in [5.41, 5.74) is 1.70. The van der Waals surface area contributed by atoms with Crippen LogP contribution >= 0.6 is 11.3 Å². The zero-order chi connectivity index (χ0) is 14.5. The molecule has 1 unspecified atom stereocenters. The first-order valence-corrected chi connectivity index (χ1v) is 7.70. The number of para-hydroxylation sites is 1. The van der Waals surface area contributed by atoms with E-state index in [0.29, 0.717) is 5.69 Å². The number of nitrogens with one attached hydrogen (secondary N) is 1. The van der Waals surface area contributed by atoms with Gasteiger partial charge in [0.05, 0.1) is 5.69 Å². The molecular weight excluding hydrogens is 271 g/mol. The molecule has 108 valence electrons. The average Bonchev–Trinajstić information content (AvgIpc) is 2.97. The highest BCUT2D eigenvalue weighted by Gasteiger charge is 2.16. The van der Waals surface area contributed by atoms with E-state index in [-0.39, 0.29) is 11.9 Å². The Bertz CT molecular complexity index is 539. The van der Waals surface area contributed by atoms with Crippen LogP contribution in [0.2, 0.25) is 0 Å². The molecule has 2 nitrogen and oxygen atoms in total. The molecule has 1 aromatic heterocycles. The van der Waals surface area contributed by atoms with Crippen molar-refractivity contribution in [3.05, 3.63) is 52.0 Å². The molecule has 0 bridgehead atoms. The lowest BCUT2D eigenvalue weighted by Crippen LogP contribution is -2.25. The Hall–Kier alpha value is -1.39. The number of likely N-dealkylation sites (N-methyl/N-ethyl adjacent to an activating group) is 1. The van der Waals surface area contributed by atoms with E-state index >= 15 is 0 Å². The molecule has 0 fully saturated rings. The fourth-order valence-corrected chi connectivity index (χ4v) is 2.98. The number of hydrogen-bond acceptors (Lipinski definition) is 3. The Labute approximate surface area is 124 Å². The van der Waals surface area contributed by atoms with E-state index in [0.717, 1.165) is 18.5 Å². The number of rotatable bonds is 6. The number of hydrogen-bond donors (Lipinski definition) is 1. The Kier molecular flexibility index (Phi) is 5.15. The van der Waals surface area contributed by atoms with Crippen LogP contribution in [0.1, 0.15) is 23.4 Å².